The molecule has 0 bridgehead atoms. The van der Waals surface area contributed by atoms with E-state index in [0.717, 1.165) is 5.56 Å². The summed E-state index contributed by atoms with van der Waals surface area (Å²) < 4.78 is 0. The van der Waals surface area contributed by atoms with Gasteiger partial charge in [-0.1, -0.05) is 23.7 Å². The number of hydroxylamine groups is 1. The fraction of sp³-hybridized carbons (Fsp3) is 0.200. The van der Waals surface area contributed by atoms with Gasteiger partial charge in [-0.25, -0.2) is 10.3 Å². The molecule has 0 unspecified atom stereocenters. The quantitative estimate of drug-likeness (QED) is 0.784. The van der Waals surface area contributed by atoms with Crippen LogP contribution in [0.3, 0.4) is 0 Å². The van der Waals surface area contributed by atoms with Crippen LogP contribution in [0.25, 0.3) is 0 Å². The van der Waals surface area contributed by atoms with E-state index in [2.05, 4.69) is 4.84 Å². The zero-order valence-electron chi connectivity index (χ0n) is 8.49. The Bertz CT molecular complexity index is 419. The van der Waals surface area contributed by atoms with Crippen LogP contribution in [-0.2, 0) is 9.63 Å². The van der Waals surface area contributed by atoms with E-state index in [4.69, 9.17) is 16.7 Å². The van der Waals surface area contributed by atoms with Crippen LogP contribution in [0.5, 0.6) is 0 Å². The Morgan fingerprint density at radius 1 is 1.50 bits per heavy atom. The second-order valence-corrected chi connectivity index (χ2v) is 3.43. The maximum Gasteiger partial charge on any atom is 0.332 e. The number of hydrogen-bond donors (Lipinski definition) is 2. The fourth-order valence-electron chi connectivity index (χ4n) is 1.04. The molecule has 0 atom stereocenters. The Morgan fingerprint density at radius 2 is 2.19 bits per heavy atom. The second kappa shape index (κ2) is 5.48. The summed E-state index contributed by atoms with van der Waals surface area (Å²) in [5, 5.41) is 8.61. The van der Waals surface area contributed by atoms with E-state index in [1.54, 1.807) is 19.1 Å². The first-order chi connectivity index (χ1) is 7.52. The van der Waals surface area contributed by atoms with Gasteiger partial charge < -0.3 is 5.11 Å². The lowest BCUT2D eigenvalue weighted by Crippen LogP contribution is -2.26. The summed E-state index contributed by atoms with van der Waals surface area (Å²) in [6, 6.07) is 4.96. The first-order valence-corrected chi connectivity index (χ1v) is 4.79. The lowest BCUT2D eigenvalue weighted by atomic mass is 10.1. The number of amides is 1. The lowest BCUT2D eigenvalue weighted by Gasteiger charge is -2.06. The highest BCUT2D eigenvalue weighted by atomic mass is 35.5. The van der Waals surface area contributed by atoms with Crippen molar-refractivity contribution >= 4 is 23.5 Å². The lowest BCUT2D eigenvalue weighted by molar-refractivity contribution is -0.144. The summed E-state index contributed by atoms with van der Waals surface area (Å²) in [5.74, 6) is -1.74. The molecule has 16 heavy (non-hydrogen) atoms. The molecule has 0 saturated heterocycles. The van der Waals surface area contributed by atoms with Crippen LogP contribution in [0.2, 0.25) is 5.02 Å². The van der Waals surface area contributed by atoms with Gasteiger partial charge in [0.05, 0.1) is 10.6 Å². The van der Waals surface area contributed by atoms with E-state index in [-0.39, 0.29) is 5.56 Å². The number of halogens is 1. The number of rotatable bonds is 4. The minimum Gasteiger partial charge on any atom is -0.479 e. The molecule has 0 aliphatic heterocycles. The van der Waals surface area contributed by atoms with Crippen molar-refractivity contribution in [2.75, 3.05) is 6.61 Å². The normalized spacial score (nSPS) is 9.88. The summed E-state index contributed by atoms with van der Waals surface area (Å²) >= 11 is 5.90. The molecule has 1 rings (SSSR count). The predicted octanol–water partition coefficient (Wildman–Crippen LogP) is 1.39. The van der Waals surface area contributed by atoms with Gasteiger partial charge in [-0.15, -0.1) is 0 Å². The molecule has 0 aliphatic rings. The van der Waals surface area contributed by atoms with Gasteiger partial charge in [-0.3, -0.25) is 9.63 Å². The third-order valence-corrected chi connectivity index (χ3v) is 2.30. The molecule has 6 heteroatoms. The molecule has 0 spiro atoms. The first kappa shape index (κ1) is 12.5. The molecule has 0 aliphatic carbocycles. The van der Waals surface area contributed by atoms with E-state index in [0.29, 0.717) is 5.02 Å². The zero-order valence-corrected chi connectivity index (χ0v) is 9.25. The van der Waals surface area contributed by atoms with E-state index in [1.807, 2.05) is 5.48 Å². The molecule has 0 fully saturated rings. The summed E-state index contributed by atoms with van der Waals surface area (Å²) in [5.41, 5.74) is 2.99. The van der Waals surface area contributed by atoms with E-state index in [1.165, 1.54) is 6.07 Å². The summed E-state index contributed by atoms with van der Waals surface area (Å²) in [6.07, 6.45) is 0. The van der Waals surface area contributed by atoms with E-state index >= 15 is 0 Å². The van der Waals surface area contributed by atoms with Crippen LogP contribution < -0.4 is 5.48 Å². The number of benzene rings is 1. The minimum absolute atomic E-state index is 0.243. The number of carboxylic acids is 1. The van der Waals surface area contributed by atoms with Crippen molar-refractivity contribution in [3.63, 3.8) is 0 Å². The van der Waals surface area contributed by atoms with Crippen LogP contribution in [0.1, 0.15) is 15.9 Å². The van der Waals surface area contributed by atoms with Gasteiger partial charge in [-0.2, -0.15) is 0 Å². The Hall–Kier alpha value is -1.59. The molecule has 1 aromatic carbocycles. The maximum atomic E-state index is 11.5. The fourth-order valence-corrected chi connectivity index (χ4v) is 1.25. The van der Waals surface area contributed by atoms with Crippen LogP contribution in [0.4, 0.5) is 0 Å². The Morgan fingerprint density at radius 3 is 2.81 bits per heavy atom. The molecule has 86 valence electrons. The molecule has 0 radical (unpaired) electrons. The van der Waals surface area contributed by atoms with Gasteiger partial charge in [0.1, 0.15) is 0 Å². The Labute approximate surface area is 96.9 Å². The van der Waals surface area contributed by atoms with Gasteiger partial charge in [0.2, 0.25) is 0 Å². The van der Waals surface area contributed by atoms with Crippen molar-refractivity contribution in [2.45, 2.75) is 6.92 Å². The summed E-state index contributed by atoms with van der Waals surface area (Å²) in [4.78, 5) is 26.1. The van der Waals surface area contributed by atoms with Crippen LogP contribution >= 0.6 is 11.6 Å². The molecule has 2 N–H and O–H groups in total. The first-order valence-electron chi connectivity index (χ1n) is 4.41. The third kappa shape index (κ3) is 3.22. The van der Waals surface area contributed by atoms with Crippen molar-refractivity contribution in [2.24, 2.45) is 0 Å². The minimum atomic E-state index is -1.17. The molecule has 0 heterocycles. The number of nitrogens with one attached hydrogen (secondary N) is 1. The van der Waals surface area contributed by atoms with Crippen molar-refractivity contribution < 1.29 is 19.5 Å². The number of hydrogen-bond acceptors (Lipinski definition) is 3. The molecular formula is C10H10ClNO4. The highest BCUT2D eigenvalue weighted by molar-refractivity contribution is 6.34. The number of aryl methyl sites for hydroxylation is 1. The summed E-state index contributed by atoms with van der Waals surface area (Å²) in [6.45, 7) is 1.16. The van der Waals surface area contributed by atoms with E-state index < -0.39 is 18.5 Å². The molecule has 0 aromatic heterocycles. The van der Waals surface area contributed by atoms with Crippen LogP contribution in [-0.4, -0.2) is 23.6 Å². The SMILES string of the molecule is Cc1cccc(C(=O)NOCC(=O)O)c1Cl. The van der Waals surface area contributed by atoms with Crippen molar-refractivity contribution in [1.82, 2.24) is 5.48 Å². The highest BCUT2D eigenvalue weighted by Gasteiger charge is 2.11. The number of carboxylic acid groups (broad SMARTS) is 1. The Balaban J connectivity index is 2.66. The second-order valence-electron chi connectivity index (χ2n) is 3.05. The number of carbonyl (C=O) groups excluding carboxylic acids is 1. The van der Waals surface area contributed by atoms with Crippen molar-refractivity contribution in [3.05, 3.63) is 34.3 Å². The molecule has 5 nitrogen and oxygen atoms in total. The molecule has 1 amide bonds. The number of carbonyl (C=O) groups is 2. The largest absolute Gasteiger partial charge is 0.479 e. The van der Waals surface area contributed by atoms with E-state index in [9.17, 15) is 9.59 Å². The number of aliphatic carboxylic acids is 1. The summed E-state index contributed by atoms with van der Waals surface area (Å²) in [7, 11) is 0. The monoisotopic (exact) mass is 243 g/mol. The van der Waals surface area contributed by atoms with Gasteiger partial charge >= 0.3 is 5.97 Å². The Kier molecular flexibility index (Phi) is 4.28. The van der Waals surface area contributed by atoms with Gasteiger partial charge in [0.15, 0.2) is 6.61 Å². The van der Waals surface area contributed by atoms with Crippen molar-refractivity contribution in [1.29, 1.82) is 0 Å². The maximum absolute atomic E-state index is 11.5. The standard InChI is InChI=1S/C10H10ClNO4/c1-6-3-2-4-7(9(6)11)10(15)12-16-5-8(13)14/h2-4H,5H2,1H3,(H,12,15)(H,13,14). The smallest absolute Gasteiger partial charge is 0.332 e. The van der Waals surface area contributed by atoms with Gasteiger partial charge in [-0.05, 0) is 18.6 Å². The highest BCUT2D eigenvalue weighted by Crippen LogP contribution is 2.19. The average Bonchev–Trinajstić information content (AvgIpc) is 2.21. The molecule has 0 saturated carbocycles. The zero-order chi connectivity index (χ0) is 12.1. The molecular weight excluding hydrogens is 234 g/mol. The van der Waals surface area contributed by atoms with Gasteiger partial charge in [0, 0.05) is 0 Å². The average molecular weight is 244 g/mol. The molecule has 1 aromatic rings. The van der Waals surface area contributed by atoms with Crippen LogP contribution in [0, 0.1) is 6.92 Å². The van der Waals surface area contributed by atoms with Crippen molar-refractivity contribution in [3.8, 4) is 0 Å². The third-order valence-electron chi connectivity index (χ3n) is 1.80. The van der Waals surface area contributed by atoms with Crippen LogP contribution in [0.15, 0.2) is 18.2 Å². The topological polar surface area (TPSA) is 75.6 Å². The predicted molar refractivity (Wildman–Crippen MR) is 57.2 cm³/mol. The van der Waals surface area contributed by atoms with Gasteiger partial charge in [0.25, 0.3) is 5.91 Å².